The molecule has 7 rings (SSSR count). The summed E-state index contributed by atoms with van der Waals surface area (Å²) in [6.45, 7) is 1.70. The zero-order valence-corrected chi connectivity index (χ0v) is 31.3. The van der Waals surface area contributed by atoms with Crippen molar-refractivity contribution in [2.75, 3.05) is 26.1 Å². The van der Waals surface area contributed by atoms with Crippen LogP contribution in [-0.2, 0) is 24.7 Å². The van der Waals surface area contributed by atoms with Gasteiger partial charge in [-0.25, -0.2) is 15.0 Å². The predicted molar refractivity (Wildman–Crippen MR) is 209 cm³/mol. The minimum Gasteiger partial charge on any atom is -0.497 e. The van der Waals surface area contributed by atoms with Gasteiger partial charge in [-0.2, -0.15) is 0 Å². The first kappa shape index (κ1) is 39.3. The Bertz CT molecular complexity index is 2170. The number of hydrogen-bond acceptors (Lipinski definition) is 10. The van der Waals surface area contributed by atoms with Crippen LogP contribution < -0.4 is 14.8 Å². The van der Waals surface area contributed by atoms with Gasteiger partial charge in [0.15, 0.2) is 17.0 Å². The third-order valence-electron chi connectivity index (χ3n) is 9.37. The quantitative estimate of drug-likeness (QED) is 0.108. The van der Waals surface area contributed by atoms with E-state index in [1.807, 2.05) is 89.5 Å². The maximum Gasteiger partial charge on any atom is 0.303 e. The van der Waals surface area contributed by atoms with Gasteiger partial charge in [-0.3, -0.25) is 14.2 Å². The molecule has 1 amide bonds. The molecule has 2 aromatic heterocycles. The molecular formula is C43H43N5O8. The fourth-order valence-corrected chi connectivity index (χ4v) is 6.51. The van der Waals surface area contributed by atoms with E-state index in [9.17, 15) is 14.4 Å². The molecular weight excluding hydrogens is 714 g/mol. The van der Waals surface area contributed by atoms with E-state index in [0.29, 0.717) is 29.2 Å². The largest absolute Gasteiger partial charge is 0.497 e. The van der Waals surface area contributed by atoms with E-state index >= 15 is 0 Å². The third-order valence-corrected chi connectivity index (χ3v) is 9.37. The number of carboxylic acid groups (broad SMARTS) is 1. The number of carboxylic acids is 1. The predicted octanol–water partition coefficient (Wildman–Crippen LogP) is 7.22. The summed E-state index contributed by atoms with van der Waals surface area (Å²) in [5.74, 6) is 0.605. The molecule has 3 heterocycles. The lowest BCUT2D eigenvalue weighted by Crippen LogP contribution is -2.35. The molecule has 2 N–H and O–H groups in total. The van der Waals surface area contributed by atoms with Crippen LogP contribution in [0.3, 0.4) is 0 Å². The summed E-state index contributed by atoms with van der Waals surface area (Å²) in [7, 11) is 3.31. The lowest BCUT2D eigenvalue weighted by molar-refractivity contribution is -0.138. The number of Topliss-reactive ketones (excluding diaryl/α,β-unsaturated/α-hetero) is 1. The Morgan fingerprint density at radius 1 is 0.786 bits per heavy atom. The van der Waals surface area contributed by atoms with Crippen LogP contribution in [-0.4, -0.2) is 69.2 Å². The van der Waals surface area contributed by atoms with Crippen LogP contribution in [0.5, 0.6) is 11.5 Å². The molecule has 1 aliphatic heterocycles. The van der Waals surface area contributed by atoms with Gasteiger partial charge in [0.2, 0.25) is 0 Å². The number of hydrogen-bond donors (Lipinski definition) is 2. The number of aromatic nitrogens is 4. The van der Waals surface area contributed by atoms with E-state index in [1.54, 1.807) is 32.7 Å². The monoisotopic (exact) mass is 757 g/mol. The Hall–Kier alpha value is -6.44. The Labute approximate surface area is 324 Å². The van der Waals surface area contributed by atoms with Crippen molar-refractivity contribution < 1.29 is 38.4 Å². The molecule has 1 fully saturated rings. The van der Waals surface area contributed by atoms with E-state index < -0.39 is 11.6 Å². The summed E-state index contributed by atoms with van der Waals surface area (Å²) in [5.41, 5.74) is 3.55. The van der Waals surface area contributed by atoms with Crippen LogP contribution in [0.25, 0.3) is 11.2 Å². The Balaban J connectivity index is 0.000000601. The van der Waals surface area contributed by atoms with E-state index in [-0.39, 0.29) is 36.9 Å². The molecule has 2 atom stereocenters. The lowest BCUT2D eigenvalue weighted by atomic mass is 9.80. The minimum absolute atomic E-state index is 0.0463. The van der Waals surface area contributed by atoms with E-state index in [4.69, 9.17) is 24.1 Å². The summed E-state index contributed by atoms with van der Waals surface area (Å²) < 4.78 is 26.5. The maximum absolute atomic E-state index is 12.8. The summed E-state index contributed by atoms with van der Waals surface area (Å²) in [4.78, 5) is 46.0. The normalized spacial score (nSPS) is 15.1. The van der Waals surface area contributed by atoms with Gasteiger partial charge >= 0.3 is 5.97 Å². The molecule has 0 aliphatic carbocycles. The smallest absolute Gasteiger partial charge is 0.303 e. The Morgan fingerprint density at radius 2 is 1.38 bits per heavy atom. The zero-order chi connectivity index (χ0) is 39.5. The fourth-order valence-electron chi connectivity index (χ4n) is 6.51. The molecule has 56 heavy (non-hydrogen) atoms. The number of aliphatic carboxylic acids is 1. The second-order valence-electron chi connectivity index (χ2n) is 13.1. The standard InChI is InChI=1S/C38H35N5O5.C5H8O3/c1-45-30-17-13-28(14-18-30)38(27-11-7-4-8-12-27,29-15-19-31(46-2)20-16-29)47-23-32-21-22-33(48-32)43-25-41-34-35(39-24-40-36(34)43)42-37(44)26-9-5-3-6-10-26;1-4(6)2-3-5(7)8/h3-20,24-25,32-33H,21-23H2,1-2H3,(H,39,40,42,44);2-3H2,1H3,(H,7,8). The van der Waals surface area contributed by atoms with Crippen molar-refractivity contribution in [3.05, 3.63) is 144 Å². The Morgan fingerprint density at radius 3 is 1.93 bits per heavy atom. The van der Waals surface area contributed by atoms with Crippen molar-refractivity contribution in [1.82, 2.24) is 19.5 Å². The number of rotatable bonds is 14. The SMILES string of the molecule is CC(=O)CCC(=O)O.COc1ccc(C(OCC2CCC(n3cnc4c(NC(=O)c5ccccc5)ncnc43)O2)(c2ccccc2)c2ccc(OC)cc2)cc1. The molecule has 0 saturated carbocycles. The number of amides is 1. The highest BCUT2D eigenvalue weighted by molar-refractivity contribution is 6.06. The van der Waals surface area contributed by atoms with E-state index in [2.05, 4.69) is 32.4 Å². The number of nitrogens with zero attached hydrogens (tertiary/aromatic N) is 4. The second kappa shape index (κ2) is 18.3. The first-order valence-electron chi connectivity index (χ1n) is 18.1. The van der Waals surface area contributed by atoms with Gasteiger partial charge in [0.1, 0.15) is 35.4 Å². The highest BCUT2D eigenvalue weighted by atomic mass is 16.6. The van der Waals surface area contributed by atoms with Gasteiger partial charge in [-0.1, -0.05) is 72.8 Å². The molecule has 6 aromatic rings. The van der Waals surface area contributed by atoms with Crippen molar-refractivity contribution in [3.8, 4) is 11.5 Å². The average molecular weight is 758 g/mol. The van der Waals surface area contributed by atoms with Gasteiger partial charge < -0.3 is 34.2 Å². The molecule has 0 spiro atoms. The number of benzene rings is 4. The number of carbonyl (C=O) groups is 3. The number of nitrogens with one attached hydrogen (secondary N) is 1. The topological polar surface area (TPSA) is 164 Å². The number of carbonyl (C=O) groups excluding carboxylic acids is 2. The second-order valence-corrected chi connectivity index (χ2v) is 13.1. The molecule has 13 heteroatoms. The van der Waals surface area contributed by atoms with Crippen molar-refractivity contribution in [3.63, 3.8) is 0 Å². The van der Waals surface area contributed by atoms with Gasteiger partial charge in [-0.05, 0) is 72.9 Å². The van der Waals surface area contributed by atoms with Crippen LogP contribution in [0, 0.1) is 0 Å². The minimum atomic E-state index is -0.942. The van der Waals surface area contributed by atoms with Crippen LogP contribution in [0.1, 0.15) is 65.9 Å². The number of methoxy groups -OCH3 is 2. The molecule has 1 saturated heterocycles. The number of ketones is 1. The first-order valence-corrected chi connectivity index (χ1v) is 18.1. The molecule has 13 nitrogen and oxygen atoms in total. The molecule has 288 valence electrons. The average Bonchev–Trinajstić information content (AvgIpc) is 3.90. The van der Waals surface area contributed by atoms with Crippen molar-refractivity contribution in [2.45, 2.75) is 50.5 Å². The Kier molecular flexibility index (Phi) is 12.8. The molecule has 0 radical (unpaired) electrons. The van der Waals surface area contributed by atoms with Crippen LogP contribution in [0.2, 0.25) is 0 Å². The summed E-state index contributed by atoms with van der Waals surface area (Å²) in [6, 6.07) is 35.1. The number of imidazole rings is 1. The summed E-state index contributed by atoms with van der Waals surface area (Å²) >= 11 is 0. The van der Waals surface area contributed by atoms with Gasteiger partial charge in [-0.15, -0.1) is 0 Å². The molecule has 0 bridgehead atoms. The van der Waals surface area contributed by atoms with Crippen molar-refractivity contribution in [2.24, 2.45) is 0 Å². The summed E-state index contributed by atoms with van der Waals surface area (Å²) in [6.07, 6.45) is 4.20. The molecule has 4 aromatic carbocycles. The van der Waals surface area contributed by atoms with Crippen molar-refractivity contribution >= 4 is 34.6 Å². The summed E-state index contributed by atoms with van der Waals surface area (Å²) in [5, 5.41) is 10.9. The van der Waals surface area contributed by atoms with Gasteiger partial charge in [0, 0.05) is 12.0 Å². The first-order chi connectivity index (χ1) is 27.2. The lowest BCUT2D eigenvalue weighted by Gasteiger charge is -2.37. The van der Waals surface area contributed by atoms with Crippen molar-refractivity contribution in [1.29, 1.82) is 0 Å². The highest BCUT2D eigenvalue weighted by Gasteiger charge is 2.40. The van der Waals surface area contributed by atoms with E-state index in [0.717, 1.165) is 41.0 Å². The highest BCUT2D eigenvalue weighted by Crippen LogP contribution is 2.43. The fraction of sp³-hybridized carbons (Fsp3) is 0.256. The van der Waals surface area contributed by atoms with Crippen LogP contribution in [0.15, 0.2) is 122 Å². The number of ether oxygens (including phenoxy) is 4. The third kappa shape index (κ3) is 9.08. The van der Waals surface area contributed by atoms with Gasteiger partial charge in [0.05, 0.1) is 39.7 Å². The van der Waals surface area contributed by atoms with Crippen LogP contribution >= 0.6 is 0 Å². The number of anilines is 1. The molecule has 2 unspecified atom stereocenters. The number of fused-ring (bicyclic) bond motifs is 1. The maximum atomic E-state index is 12.8. The molecule has 1 aliphatic rings. The van der Waals surface area contributed by atoms with E-state index in [1.165, 1.54) is 13.3 Å². The zero-order valence-electron chi connectivity index (χ0n) is 31.3. The van der Waals surface area contributed by atoms with Gasteiger partial charge in [0.25, 0.3) is 5.91 Å². The van der Waals surface area contributed by atoms with Crippen LogP contribution in [0.4, 0.5) is 5.82 Å².